The quantitative estimate of drug-likeness (QED) is 0.760. The van der Waals surface area contributed by atoms with Gasteiger partial charge in [0.1, 0.15) is 5.82 Å². The third kappa shape index (κ3) is 3.73. The lowest BCUT2D eigenvalue weighted by molar-refractivity contribution is 0.590. The Balaban J connectivity index is 2.42. The Labute approximate surface area is 140 Å². The number of nitrogens with one attached hydrogen (secondary N) is 1. The first-order chi connectivity index (χ1) is 9.82. The number of aromatic nitrogens is 2. The van der Waals surface area contributed by atoms with Gasteiger partial charge in [0.15, 0.2) is 5.82 Å². The highest BCUT2D eigenvalue weighted by atomic mass is 127. The second-order valence-corrected chi connectivity index (χ2v) is 7.23. The zero-order valence-corrected chi connectivity index (χ0v) is 15.4. The molecule has 0 radical (unpaired) electrons. The van der Waals surface area contributed by atoms with Crippen molar-refractivity contribution in [2.24, 2.45) is 0 Å². The first kappa shape index (κ1) is 16.2. The molecule has 0 amide bonds. The molecule has 0 saturated heterocycles. The van der Waals surface area contributed by atoms with Crippen LogP contribution in [0.3, 0.4) is 0 Å². The summed E-state index contributed by atoms with van der Waals surface area (Å²) in [5, 5.41) is 3.30. The van der Waals surface area contributed by atoms with Gasteiger partial charge in [-0.25, -0.2) is 9.97 Å². The summed E-state index contributed by atoms with van der Waals surface area (Å²) >= 11 is 2.29. The summed E-state index contributed by atoms with van der Waals surface area (Å²) in [6.07, 6.45) is 0. The number of hydrogen-bond donors (Lipinski definition) is 1. The van der Waals surface area contributed by atoms with Crippen molar-refractivity contribution in [2.45, 2.75) is 40.0 Å². The van der Waals surface area contributed by atoms with Crippen LogP contribution in [0, 0.1) is 10.5 Å². The van der Waals surface area contributed by atoms with Crippen LogP contribution < -0.4 is 5.32 Å². The van der Waals surface area contributed by atoms with Crippen LogP contribution in [0.2, 0.25) is 0 Å². The Hall–Kier alpha value is -1.17. The van der Waals surface area contributed by atoms with Crippen LogP contribution >= 0.6 is 22.6 Å². The van der Waals surface area contributed by atoms with Crippen molar-refractivity contribution in [1.29, 1.82) is 0 Å². The maximum absolute atomic E-state index is 4.66. The molecular formula is C17H22IN3. The Kier molecular flexibility index (Phi) is 4.86. The molecule has 112 valence electrons. The van der Waals surface area contributed by atoms with Crippen LogP contribution in [0.1, 0.15) is 39.0 Å². The predicted octanol–water partition coefficient (Wildman–Crippen LogP) is 4.79. The summed E-state index contributed by atoms with van der Waals surface area (Å²) in [4.78, 5) is 9.27. The molecule has 0 aliphatic rings. The molecule has 0 fully saturated rings. The second-order valence-electron chi connectivity index (χ2n) is 6.15. The zero-order chi connectivity index (χ0) is 15.6. The van der Waals surface area contributed by atoms with Crippen LogP contribution in [0.25, 0.3) is 11.4 Å². The number of hydrogen-bond acceptors (Lipinski definition) is 3. The van der Waals surface area contributed by atoms with Crippen molar-refractivity contribution in [3.05, 3.63) is 39.1 Å². The lowest BCUT2D eigenvalue weighted by atomic mass is 9.87. The monoisotopic (exact) mass is 395 g/mol. The van der Waals surface area contributed by atoms with Crippen molar-refractivity contribution in [3.63, 3.8) is 0 Å². The van der Waals surface area contributed by atoms with Gasteiger partial charge >= 0.3 is 0 Å². The van der Waals surface area contributed by atoms with E-state index in [1.807, 2.05) is 6.92 Å². The Bertz CT molecular complexity index is 628. The molecule has 1 N–H and O–H groups in total. The lowest BCUT2D eigenvalue weighted by Gasteiger charge is -2.19. The second kappa shape index (κ2) is 6.30. The van der Waals surface area contributed by atoms with Crippen LogP contribution in [-0.4, -0.2) is 16.5 Å². The minimum Gasteiger partial charge on any atom is -0.369 e. The molecule has 1 aromatic heterocycles. The van der Waals surface area contributed by atoms with E-state index in [9.17, 15) is 0 Å². The van der Waals surface area contributed by atoms with E-state index in [4.69, 9.17) is 0 Å². The van der Waals surface area contributed by atoms with E-state index >= 15 is 0 Å². The highest BCUT2D eigenvalue weighted by Gasteiger charge is 2.14. The topological polar surface area (TPSA) is 37.8 Å². The summed E-state index contributed by atoms with van der Waals surface area (Å²) < 4.78 is 1.09. The van der Waals surface area contributed by atoms with Crippen LogP contribution in [0.15, 0.2) is 24.3 Å². The van der Waals surface area contributed by atoms with E-state index in [1.54, 1.807) is 0 Å². The molecule has 0 saturated carbocycles. The molecule has 0 atom stereocenters. The number of rotatable bonds is 3. The fourth-order valence-electron chi connectivity index (χ4n) is 2.09. The van der Waals surface area contributed by atoms with E-state index in [0.717, 1.165) is 33.0 Å². The molecule has 2 rings (SSSR count). The van der Waals surface area contributed by atoms with Crippen molar-refractivity contribution in [3.8, 4) is 11.4 Å². The Morgan fingerprint density at radius 2 is 1.71 bits per heavy atom. The van der Waals surface area contributed by atoms with Crippen molar-refractivity contribution in [2.75, 3.05) is 11.9 Å². The van der Waals surface area contributed by atoms with Gasteiger partial charge < -0.3 is 5.32 Å². The maximum Gasteiger partial charge on any atom is 0.161 e. The molecule has 0 spiro atoms. The van der Waals surface area contributed by atoms with Crippen LogP contribution in [0.5, 0.6) is 0 Å². The van der Waals surface area contributed by atoms with Crippen LogP contribution in [0.4, 0.5) is 5.82 Å². The van der Waals surface area contributed by atoms with Gasteiger partial charge in [-0.1, -0.05) is 45.0 Å². The number of aryl methyl sites for hydroxylation is 1. The molecule has 0 aliphatic carbocycles. The third-order valence-electron chi connectivity index (χ3n) is 3.37. The predicted molar refractivity (Wildman–Crippen MR) is 97.8 cm³/mol. The van der Waals surface area contributed by atoms with Gasteiger partial charge in [-0.2, -0.15) is 0 Å². The summed E-state index contributed by atoms with van der Waals surface area (Å²) in [6, 6.07) is 8.55. The van der Waals surface area contributed by atoms with Crippen molar-refractivity contribution in [1.82, 2.24) is 9.97 Å². The minimum absolute atomic E-state index is 0.163. The van der Waals surface area contributed by atoms with Gasteiger partial charge in [0.05, 0.1) is 9.26 Å². The molecule has 2 aromatic rings. The minimum atomic E-state index is 0.163. The van der Waals surface area contributed by atoms with E-state index in [2.05, 4.69) is 89.8 Å². The third-order valence-corrected chi connectivity index (χ3v) is 4.66. The Morgan fingerprint density at radius 1 is 1.10 bits per heavy atom. The molecule has 21 heavy (non-hydrogen) atoms. The van der Waals surface area contributed by atoms with E-state index in [0.29, 0.717) is 0 Å². The molecule has 4 heteroatoms. The normalized spacial score (nSPS) is 11.5. The largest absolute Gasteiger partial charge is 0.369 e. The first-order valence-electron chi connectivity index (χ1n) is 7.22. The van der Waals surface area contributed by atoms with Gasteiger partial charge in [-0.15, -0.1) is 0 Å². The van der Waals surface area contributed by atoms with E-state index in [1.165, 1.54) is 5.56 Å². The van der Waals surface area contributed by atoms with Gasteiger partial charge in [-0.05, 0) is 47.4 Å². The Morgan fingerprint density at radius 3 is 2.24 bits per heavy atom. The summed E-state index contributed by atoms with van der Waals surface area (Å²) in [7, 11) is 0. The summed E-state index contributed by atoms with van der Waals surface area (Å²) in [5.41, 5.74) is 3.55. The molecule has 3 nitrogen and oxygen atoms in total. The highest BCUT2D eigenvalue weighted by Crippen LogP contribution is 2.27. The SMILES string of the molecule is CCNc1nc(-c2ccc(C(C)(C)C)cc2)nc(C)c1I. The highest BCUT2D eigenvalue weighted by molar-refractivity contribution is 14.1. The van der Waals surface area contributed by atoms with E-state index in [-0.39, 0.29) is 5.41 Å². The number of nitrogens with zero attached hydrogens (tertiary/aromatic N) is 2. The fraction of sp³-hybridized carbons (Fsp3) is 0.412. The molecule has 1 heterocycles. The standard InChI is InChI=1S/C17H22IN3/c1-6-19-16-14(18)11(2)20-15(21-16)12-7-9-13(10-8-12)17(3,4)5/h7-10H,6H2,1-5H3,(H,19,20,21). The van der Waals surface area contributed by atoms with Gasteiger partial charge in [0.25, 0.3) is 0 Å². The molecule has 0 unspecified atom stereocenters. The molecular weight excluding hydrogens is 373 g/mol. The zero-order valence-electron chi connectivity index (χ0n) is 13.3. The first-order valence-corrected chi connectivity index (χ1v) is 8.29. The molecule has 1 aromatic carbocycles. The number of halogens is 1. The lowest BCUT2D eigenvalue weighted by Crippen LogP contribution is -2.10. The van der Waals surface area contributed by atoms with Crippen molar-refractivity contribution >= 4 is 28.4 Å². The average Bonchev–Trinajstić information content (AvgIpc) is 2.43. The number of anilines is 1. The summed E-state index contributed by atoms with van der Waals surface area (Å²) in [5.74, 6) is 1.70. The van der Waals surface area contributed by atoms with Gasteiger partial charge in [0, 0.05) is 12.1 Å². The van der Waals surface area contributed by atoms with Crippen molar-refractivity contribution < 1.29 is 0 Å². The van der Waals surface area contributed by atoms with Gasteiger partial charge in [-0.3, -0.25) is 0 Å². The van der Waals surface area contributed by atoms with Crippen LogP contribution in [-0.2, 0) is 5.41 Å². The average molecular weight is 395 g/mol. The number of benzene rings is 1. The van der Waals surface area contributed by atoms with Gasteiger partial charge in [0.2, 0.25) is 0 Å². The fourth-order valence-corrected chi connectivity index (χ4v) is 2.52. The molecule has 0 bridgehead atoms. The summed E-state index contributed by atoms with van der Waals surface area (Å²) in [6.45, 7) is 11.6. The maximum atomic E-state index is 4.66. The smallest absolute Gasteiger partial charge is 0.161 e. The van der Waals surface area contributed by atoms with E-state index < -0.39 is 0 Å². The molecule has 0 aliphatic heterocycles.